The van der Waals surface area contributed by atoms with Crippen molar-refractivity contribution in [1.29, 1.82) is 0 Å². The molecule has 1 N–H and O–H groups in total. The molecular weight excluding hydrogens is 246 g/mol. The summed E-state index contributed by atoms with van der Waals surface area (Å²) >= 11 is 0. The van der Waals surface area contributed by atoms with Crippen LogP contribution in [-0.2, 0) is 6.54 Å². The minimum absolute atomic E-state index is 0.758. The Morgan fingerprint density at radius 2 is 1.70 bits per heavy atom. The molecule has 2 aliphatic rings. The van der Waals surface area contributed by atoms with Gasteiger partial charge in [-0.15, -0.1) is 0 Å². The van der Waals surface area contributed by atoms with Crippen LogP contribution in [0.4, 0.5) is 5.69 Å². The van der Waals surface area contributed by atoms with Crippen molar-refractivity contribution < 1.29 is 0 Å². The molecular formula is C17H27N3. The molecule has 0 spiro atoms. The molecule has 0 atom stereocenters. The lowest BCUT2D eigenvalue weighted by Crippen LogP contribution is -2.41. The Bertz CT molecular complexity index is 414. The van der Waals surface area contributed by atoms with Gasteiger partial charge in [0.25, 0.3) is 0 Å². The number of benzene rings is 1. The molecule has 3 nitrogen and oxygen atoms in total. The maximum absolute atomic E-state index is 3.57. The van der Waals surface area contributed by atoms with Crippen molar-refractivity contribution in [2.24, 2.45) is 0 Å². The SMILES string of the molecule is CN(C)C1CCN(c2ccc(CNC3CC3)cc2)CC1. The number of nitrogens with one attached hydrogen (secondary N) is 1. The standard InChI is InChI=1S/C17H27N3/c1-19(2)16-9-11-20(12-10-16)17-7-3-14(4-8-17)13-18-15-5-6-15/h3-4,7-8,15-16,18H,5-6,9-13H2,1-2H3. The predicted molar refractivity (Wildman–Crippen MR) is 85.2 cm³/mol. The van der Waals surface area contributed by atoms with Crippen molar-refractivity contribution >= 4 is 5.69 Å². The Morgan fingerprint density at radius 1 is 1.05 bits per heavy atom. The van der Waals surface area contributed by atoms with Crippen LogP contribution in [0.15, 0.2) is 24.3 Å². The van der Waals surface area contributed by atoms with Gasteiger partial charge in [-0.1, -0.05) is 12.1 Å². The molecule has 0 bridgehead atoms. The molecule has 1 saturated heterocycles. The van der Waals surface area contributed by atoms with Gasteiger partial charge in [-0.25, -0.2) is 0 Å². The van der Waals surface area contributed by atoms with Gasteiger partial charge in [0.1, 0.15) is 0 Å². The van der Waals surface area contributed by atoms with Crippen LogP contribution in [0.1, 0.15) is 31.2 Å². The molecule has 0 aromatic heterocycles. The van der Waals surface area contributed by atoms with Gasteiger partial charge in [0, 0.05) is 37.4 Å². The average molecular weight is 273 g/mol. The molecule has 1 aromatic carbocycles. The highest BCUT2D eigenvalue weighted by Gasteiger charge is 2.21. The number of hydrogen-bond donors (Lipinski definition) is 1. The Hall–Kier alpha value is -1.06. The first-order valence-corrected chi connectivity index (χ1v) is 7.96. The van der Waals surface area contributed by atoms with Gasteiger partial charge in [-0.3, -0.25) is 0 Å². The highest BCUT2D eigenvalue weighted by molar-refractivity contribution is 5.48. The Morgan fingerprint density at radius 3 is 2.25 bits per heavy atom. The molecule has 0 unspecified atom stereocenters. The van der Waals surface area contributed by atoms with Gasteiger partial charge < -0.3 is 15.1 Å². The summed E-state index contributed by atoms with van der Waals surface area (Å²) in [6.45, 7) is 3.39. The quantitative estimate of drug-likeness (QED) is 0.889. The molecule has 20 heavy (non-hydrogen) atoms. The number of rotatable bonds is 5. The first-order valence-electron chi connectivity index (χ1n) is 7.96. The third-order valence-corrected chi connectivity index (χ3v) is 4.67. The van der Waals surface area contributed by atoms with Crippen molar-refractivity contribution in [3.05, 3.63) is 29.8 Å². The summed E-state index contributed by atoms with van der Waals surface area (Å²) in [5.74, 6) is 0. The average Bonchev–Trinajstić information content (AvgIpc) is 3.30. The summed E-state index contributed by atoms with van der Waals surface area (Å²) in [5, 5.41) is 3.57. The first kappa shape index (κ1) is 13.9. The molecule has 2 fully saturated rings. The van der Waals surface area contributed by atoms with Crippen molar-refractivity contribution in [3.63, 3.8) is 0 Å². The van der Waals surface area contributed by atoms with E-state index in [2.05, 4.69) is 53.5 Å². The number of nitrogens with zero attached hydrogens (tertiary/aromatic N) is 2. The number of piperidine rings is 1. The Balaban J connectivity index is 1.52. The minimum Gasteiger partial charge on any atom is -0.371 e. The Labute approximate surface area is 123 Å². The zero-order valence-electron chi connectivity index (χ0n) is 12.8. The van der Waals surface area contributed by atoms with Crippen molar-refractivity contribution in [2.75, 3.05) is 32.1 Å². The van der Waals surface area contributed by atoms with Crippen molar-refractivity contribution in [1.82, 2.24) is 10.2 Å². The summed E-state index contributed by atoms with van der Waals surface area (Å²) in [6.07, 6.45) is 5.27. The minimum atomic E-state index is 0.758. The highest BCUT2D eigenvalue weighted by Crippen LogP contribution is 2.23. The topological polar surface area (TPSA) is 18.5 Å². The fraction of sp³-hybridized carbons (Fsp3) is 0.647. The van der Waals surface area contributed by atoms with Gasteiger partial charge in [-0.05, 0) is 57.5 Å². The van der Waals surface area contributed by atoms with Gasteiger partial charge in [-0.2, -0.15) is 0 Å². The van der Waals surface area contributed by atoms with Gasteiger partial charge in [0.2, 0.25) is 0 Å². The molecule has 3 heteroatoms. The summed E-state index contributed by atoms with van der Waals surface area (Å²) < 4.78 is 0. The number of hydrogen-bond acceptors (Lipinski definition) is 3. The fourth-order valence-corrected chi connectivity index (χ4v) is 3.01. The van der Waals surface area contributed by atoms with E-state index in [1.165, 1.54) is 50.0 Å². The summed E-state index contributed by atoms with van der Waals surface area (Å²) in [6, 6.07) is 10.7. The van der Waals surface area contributed by atoms with E-state index in [4.69, 9.17) is 0 Å². The normalized spacial score (nSPS) is 20.6. The van der Waals surface area contributed by atoms with Crippen LogP contribution in [0.2, 0.25) is 0 Å². The Kier molecular flexibility index (Phi) is 4.27. The van der Waals surface area contributed by atoms with E-state index < -0.39 is 0 Å². The molecule has 0 amide bonds. The van der Waals surface area contributed by atoms with Crippen LogP contribution in [0.3, 0.4) is 0 Å². The van der Waals surface area contributed by atoms with Crippen LogP contribution in [0.5, 0.6) is 0 Å². The van der Waals surface area contributed by atoms with Crippen LogP contribution in [0.25, 0.3) is 0 Å². The lowest BCUT2D eigenvalue weighted by atomic mass is 10.0. The zero-order valence-corrected chi connectivity index (χ0v) is 12.8. The second-order valence-electron chi connectivity index (χ2n) is 6.50. The lowest BCUT2D eigenvalue weighted by molar-refractivity contribution is 0.249. The third-order valence-electron chi connectivity index (χ3n) is 4.67. The second kappa shape index (κ2) is 6.15. The predicted octanol–water partition coefficient (Wildman–Crippen LogP) is 2.47. The smallest absolute Gasteiger partial charge is 0.0366 e. The molecule has 1 heterocycles. The lowest BCUT2D eigenvalue weighted by Gasteiger charge is -2.36. The van der Waals surface area contributed by atoms with E-state index in [0.717, 1.165) is 18.6 Å². The monoisotopic (exact) mass is 273 g/mol. The van der Waals surface area contributed by atoms with E-state index in [-0.39, 0.29) is 0 Å². The van der Waals surface area contributed by atoms with E-state index in [1.807, 2.05) is 0 Å². The summed E-state index contributed by atoms with van der Waals surface area (Å²) in [7, 11) is 4.39. The van der Waals surface area contributed by atoms with Crippen LogP contribution in [-0.4, -0.2) is 44.2 Å². The van der Waals surface area contributed by atoms with Gasteiger partial charge in [0.15, 0.2) is 0 Å². The van der Waals surface area contributed by atoms with Gasteiger partial charge in [0.05, 0.1) is 0 Å². The maximum Gasteiger partial charge on any atom is 0.0366 e. The van der Waals surface area contributed by atoms with Gasteiger partial charge >= 0.3 is 0 Å². The molecule has 1 aromatic rings. The third kappa shape index (κ3) is 3.53. The highest BCUT2D eigenvalue weighted by atomic mass is 15.2. The summed E-state index contributed by atoms with van der Waals surface area (Å²) in [4.78, 5) is 4.89. The van der Waals surface area contributed by atoms with E-state index >= 15 is 0 Å². The molecule has 1 aliphatic heterocycles. The van der Waals surface area contributed by atoms with Crippen LogP contribution < -0.4 is 10.2 Å². The maximum atomic E-state index is 3.57. The molecule has 110 valence electrons. The molecule has 3 rings (SSSR count). The van der Waals surface area contributed by atoms with Crippen LogP contribution in [0, 0.1) is 0 Å². The first-order chi connectivity index (χ1) is 9.72. The van der Waals surface area contributed by atoms with E-state index in [1.54, 1.807) is 0 Å². The molecule has 1 aliphatic carbocycles. The van der Waals surface area contributed by atoms with Crippen molar-refractivity contribution in [3.8, 4) is 0 Å². The fourth-order valence-electron chi connectivity index (χ4n) is 3.01. The second-order valence-corrected chi connectivity index (χ2v) is 6.50. The number of anilines is 1. The van der Waals surface area contributed by atoms with Crippen molar-refractivity contribution in [2.45, 2.75) is 44.3 Å². The molecule has 0 radical (unpaired) electrons. The molecule has 1 saturated carbocycles. The largest absolute Gasteiger partial charge is 0.371 e. The zero-order chi connectivity index (χ0) is 13.9. The van der Waals surface area contributed by atoms with E-state index in [9.17, 15) is 0 Å². The van der Waals surface area contributed by atoms with Crippen LogP contribution >= 0.6 is 0 Å². The summed E-state index contributed by atoms with van der Waals surface area (Å²) in [5.41, 5.74) is 2.79. The van der Waals surface area contributed by atoms with E-state index in [0.29, 0.717) is 0 Å².